The lowest BCUT2D eigenvalue weighted by atomic mass is 10.1. The smallest absolute Gasteiger partial charge is 0.326 e. The molecule has 2 amide bonds. The van der Waals surface area contributed by atoms with Crippen LogP contribution in [0.15, 0.2) is 30.3 Å². The molecule has 0 spiro atoms. The highest BCUT2D eigenvalue weighted by atomic mass is 16.4. The largest absolute Gasteiger partial charge is 0.480 e. The van der Waals surface area contributed by atoms with Crippen LogP contribution < -0.4 is 5.32 Å². The van der Waals surface area contributed by atoms with Crippen LogP contribution in [0.4, 0.5) is 4.79 Å². The number of benzene rings is 1. The lowest BCUT2D eigenvalue weighted by Crippen LogP contribution is -2.50. The summed E-state index contributed by atoms with van der Waals surface area (Å²) < 4.78 is 0. The Morgan fingerprint density at radius 3 is 2.14 bits per heavy atom. The molecule has 0 saturated carbocycles. The van der Waals surface area contributed by atoms with Crippen LogP contribution in [0.2, 0.25) is 0 Å². The average molecular weight is 296 g/mol. The van der Waals surface area contributed by atoms with Gasteiger partial charge in [0.2, 0.25) is 0 Å². The van der Waals surface area contributed by atoms with E-state index in [-0.39, 0.29) is 32.7 Å². The van der Waals surface area contributed by atoms with E-state index in [1.807, 2.05) is 6.07 Å². The van der Waals surface area contributed by atoms with E-state index in [1.165, 1.54) is 4.90 Å². The standard InChI is InChI=1S/C14H20N2O5/c17-8-6-16(7-9-18)14(21)15-12(13(19)20)10-11-4-2-1-3-5-11/h1-5,12,17-18H,6-10H2,(H,15,21)(H,19,20)/t12-/m0/s1. The number of carbonyl (C=O) groups is 2. The number of rotatable bonds is 8. The molecule has 7 nitrogen and oxygen atoms in total. The van der Waals surface area contributed by atoms with Gasteiger partial charge < -0.3 is 25.5 Å². The Balaban J connectivity index is 2.69. The van der Waals surface area contributed by atoms with Gasteiger partial charge in [0.25, 0.3) is 0 Å². The zero-order valence-electron chi connectivity index (χ0n) is 11.6. The lowest BCUT2D eigenvalue weighted by molar-refractivity contribution is -0.139. The van der Waals surface area contributed by atoms with Crippen LogP contribution in [0.25, 0.3) is 0 Å². The summed E-state index contributed by atoms with van der Waals surface area (Å²) in [6, 6.07) is 7.27. The molecule has 0 bridgehead atoms. The molecule has 0 aliphatic rings. The van der Waals surface area contributed by atoms with Gasteiger partial charge in [-0.25, -0.2) is 9.59 Å². The van der Waals surface area contributed by atoms with Crippen molar-refractivity contribution in [2.24, 2.45) is 0 Å². The second-order valence-corrected chi connectivity index (χ2v) is 4.46. The normalized spacial score (nSPS) is 11.7. The third kappa shape index (κ3) is 5.80. The van der Waals surface area contributed by atoms with E-state index < -0.39 is 18.0 Å². The van der Waals surface area contributed by atoms with E-state index in [0.717, 1.165) is 5.56 Å². The minimum Gasteiger partial charge on any atom is -0.480 e. The molecule has 7 heteroatoms. The summed E-state index contributed by atoms with van der Waals surface area (Å²) in [5, 5.41) is 29.3. The van der Waals surface area contributed by atoms with Gasteiger partial charge in [-0.1, -0.05) is 30.3 Å². The molecule has 0 aromatic heterocycles. The maximum Gasteiger partial charge on any atom is 0.326 e. The monoisotopic (exact) mass is 296 g/mol. The number of nitrogens with zero attached hydrogens (tertiary/aromatic N) is 1. The van der Waals surface area contributed by atoms with Crippen LogP contribution in [0, 0.1) is 0 Å². The molecule has 1 aromatic carbocycles. The molecule has 0 heterocycles. The average Bonchev–Trinajstić information content (AvgIpc) is 2.47. The van der Waals surface area contributed by atoms with E-state index in [2.05, 4.69) is 5.32 Å². The first-order valence-corrected chi connectivity index (χ1v) is 6.62. The first-order valence-electron chi connectivity index (χ1n) is 6.62. The first kappa shape index (κ1) is 16.9. The molecule has 0 fully saturated rings. The fourth-order valence-corrected chi connectivity index (χ4v) is 1.85. The van der Waals surface area contributed by atoms with Crippen molar-refractivity contribution in [3.63, 3.8) is 0 Å². The summed E-state index contributed by atoms with van der Waals surface area (Å²) in [5.41, 5.74) is 0.793. The number of urea groups is 1. The highest BCUT2D eigenvalue weighted by Crippen LogP contribution is 2.04. The van der Waals surface area contributed by atoms with Crippen LogP contribution in [0.5, 0.6) is 0 Å². The predicted octanol–water partition coefficient (Wildman–Crippen LogP) is -0.321. The molecule has 1 atom stereocenters. The second-order valence-electron chi connectivity index (χ2n) is 4.46. The van der Waals surface area contributed by atoms with Crippen molar-refractivity contribution >= 4 is 12.0 Å². The Morgan fingerprint density at radius 2 is 1.67 bits per heavy atom. The molecular weight excluding hydrogens is 276 g/mol. The first-order chi connectivity index (χ1) is 10.1. The summed E-state index contributed by atoms with van der Waals surface area (Å²) in [6.07, 6.45) is 0.161. The Bertz CT molecular complexity index is 446. The minimum atomic E-state index is -1.14. The fraction of sp³-hybridized carbons (Fsp3) is 0.429. The van der Waals surface area contributed by atoms with Crippen LogP contribution in [0.1, 0.15) is 5.56 Å². The van der Waals surface area contributed by atoms with Gasteiger partial charge in [0, 0.05) is 19.5 Å². The number of amides is 2. The highest BCUT2D eigenvalue weighted by Gasteiger charge is 2.23. The predicted molar refractivity (Wildman–Crippen MR) is 75.8 cm³/mol. The van der Waals surface area contributed by atoms with Gasteiger partial charge >= 0.3 is 12.0 Å². The minimum absolute atomic E-state index is 0.0318. The summed E-state index contributed by atoms with van der Waals surface area (Å²) in [7, 11) is 0. The topological polar surface area (TPSA) is 110 Å². The van der Waals surface area contributed by atoms with Crippen molar-refractivity contribution in [1.29, 1.82) is 0 Å². The molecule has 21 heavy (non-hydrogen) atoms. The summed E-state index contributed by atoms with van der Waals surface area (Å²) in [5.74, 6) is -1.14. The summed E-state index contributed by atoms with van der Waals surface area (Å²) in [6.45, 7) is -0.457. The van der Waals surface area contributed by atoms with Gasteiger partial charge in [-0.3, -0.25) is 0 Å². The van der Waals surface area contributed by atoms with Crippen LogP contribution in [0.3, 0.4) is 0 Å². The van der Waals surface area contributed by atoms with Crippen molar-refractivity contribution in [2.45, 2.75) is 12.5 Å². The van der Waals surface area contributed by atoms with Gasteiger partial charge in [0.05, 0.1) is 13.2 Å². The third-order valence-corrected chi connectivity index (χ3v) is 2.91. The van der Waals surface area contributed by atoms with Gasteiger partial charge in [0.1, 0.15) is 6.04 Å². The SMILES string of the molecule is O=C(O)[C@H](Cc1ccccc1)NC(=O)N(CCO)CCO. The number of aliphatic carboxylic acids is 1. The maximum atomic E-state index is 12.0. The maximum absolute atomic E-state index is 12.0. The molecule has 0 aliphatic carbocycles. The van der Waals surface area contributed by atoms with Crippen LogP contribution in [-0.2, 0) is 11.2 Å². The molecule has 0 aliphatic heterocycles. The van der Waals surface area contributed by atoms with Crippen LogP contribution >= 0.6 is 0 Å². The van der Waals surface area contributed by atoms with Gasteiger partial charge in [-0.05, 0) is 5.56 Å². The van der Waals surface area contributed by atoms with Gasteiger partial charge in [0.15, 0.2) is 0 Å². The van der Waals surface area contributed by atoms with Crippen molar-refractivity contribution in [3.8, 4) is 0 Å². The summed E-state index contributed by atoms with van der Waals surface area (Å²) >= 11 is 0. The van der Waals surface area contributed by atoms with Crippen molar-refractivity contribution in [1.82, 2.24) is 10.2 Å². The molecule has 116 valence electrons. The highest BCUT2D eigenvalue weighted by molar-refractivity contribution is 5.82. The van der Waals surface area contributed by atoms with E-state index >= 15 is 0 Å². The molecule has 0 saturated heterocycles. The van der Waals surface area contributed by atoms with Crippen molar-refractivity contribution in [2.75, 3.05) is 26.3 Å². The number of nitrogens with one attached hydrogen (secondary N) is 1. The Kier molecular flexibility index (Phi) is 7.20. The number of carboxylic acids is 1. The Labute approximate surface area is 122 Å². The zero-order valence-corrected chi connectivity index (χ0v) is 11.6. The summed E-state index contributed by atoms with van der Waals surface area (Å²) in [4.78, 5) is 24.4. The molecule has 0 radical (unpaired) electrons. The number of aliphatic hydroxyl groups excluding tert-OH is 2. The fourth-order valence-electron chi connectivity index (χ4n) is 1.85. The van der Waals surface area contributed by atoms with E-state index in [4.69, 9.17) is 10.2 Å². The van der Waals surface area contributed by atoms with Gasteiger partial charge in [-0.2, -0.15) is 0 Å². The second kappa shape index (κ2) is 8.93. The van der Waals surface area contributed by atoms with E-state index in [9.17, 15) is 14.7 Å². The van der Waals surface area contributed by atoms with E-state index in [0.29, 0.717) is 0 Å². The molecule has 4 N–H and O–H groups in total. The number of aliphatic hydroxyl groups is 2. The van der Waals surface area contributed by atoms with E-state index in [1.54, 1.807) is 24.3 Å². The van der Waals surface area contributed by atoms with Crippen LogP contribution in [-0.4, -0.2) is 64.6 Å². The number of hydrogen-bond acceptors (Lipinski definition) is 4. The number of carbonyl (C=O) groups excluding carboxylic acids is 1. The number of carboxylic acid groups (broad SMARTS) is 1. The molecular formula is C14H20N2O5. The van der Waals surface area contributed by atoms with Gasteiger partial charge in [-0.15, -0.1) is 0 Å². The molecule has 1 aromatic rings. The Hall–Kier alpha value is -2.12. The zero-order chi connectivity index (χ0) is 15.7. The third-order valence-electron chi connectivity index (χ3n) is 2.91. The van der Waals surface area contributed by atoms with Crippen molar-refractivity contribution < 1.29 is 24.9 Å². The van der Waals surface area contributed by atoms with Crippen molar-refractivity contribution in [3.05, 3.63) is 35.9 Å². The molecule has 0 unspecified atom stereocenters. The molecule has 1 rings (SSSR count). The lowest BCUT2D eigenvalue weighted by Gasteiger charge is -2.23. The number of hydrogen-bond donors (Lipinski definition) is 4. The quantitative estimate of drug-likeness (QED) is 0.525. The Morgan fingerprint density at radius 1 is 1.10 bits per heavy atom.